The number of hydrogen-bond acceptors (Lipinski definition) is 4. The summed E-state index contributed by atoms with van der Waals surface area (Å²) in [6.07, 6.45) is 54.5. The van der Waals surface area contributed by atoms with Crippen molar-refractivity contribution in [1.29, 1.82) is 0 Å². The van der Waals surface area contributed by atoms with E-state index in [4.69, 9.17) is 9.47 Å². The van der Waals surface area contributed by atoms with Gasteiger partial charge >= 0.3 is 11.9 Å². The molecule has 0 unspecified atom stereocenters. The molecule has 0 aromatic carbocycles. The Kier molecular flexibility index (Phi) is 47.1. The fraction of sp³-hybridized carbons (Fsp3) is 0.964. The smallest absolute Gasteiger partial charge is 0.305 e. The van der Waals surface area contributed by atoms with Crippen LogP contribution in [-0.2, 0) is 19.1 Å². The van der Waals surface area contributed by atoms with Crippen LogP contribution >= 0.6 is 0 Å². The summed E-state index contributed by atoms with van der Waals surface area (Å²) in [5.74, 6) is 2.11. The number of carbonyl (C=O) groups excluding carboxylic acids is 2. The molecule has 0 spiro atoms. The van der Waals surface area contributed by atoms with E-state index in [1.807, 2.05) is 0 Å². The summed E-state index contributed by atoms with van der Waals surface area (Å²) in [5, 5.41) is 0. The molecule has 0 aromatic heterocycles. The minimum Gasteiger partial charge on any atom is -0.466 e. The van der Waals surface area contributed by atoms with Gasteiger partial charge in [-0.2, -0.15) is 0 Å². The zero-order valence-electron chi connectivity index (χ0n) is 41.2. The fourth-order valence-corrected chi connectivity index (χ4v) is 9.31. The second kappa shape index (κ2) is 48.0. The molecule has 0 heterocycles. The lowest BCUT2D eigenvalue weighted by Crippen LogP contribution is -2.10. The summed E-state index contributed by atoms with van der Waals surface area (Å²) < 4.78 is 11.4. The lowest BCUT2D eigenvalue weighted by Gasteiger charge is -2.17. The molecule has 0 aliphatic rings. The zero-order valence-corrected chi connectivity index (χ0v) is 41.2. The first kappa shape index (κ1) is 57.9. The van der Waals surface area contributed by atoms with Crippen molar-refractivity contribution in [2.24, 2.45) is 17.8 Å². The van der Waals surface area contributed by atoms with E-state index >= 15 is 0 Å². The summed E-state index contributed by atoms with van der Waals surface area (Å²) in [5.41, 5.74) is 0. The molecular formula is C55H108O4. The van der Waals surface area contributed by atoms with Crippen LogP contribution in [-0.4, -0.2) is 25.2 Å². The number of ether oxygens (including phenoxy) is 2. The molecular weight excluding hydrogens is 725 g/mol. The molecule has 0 bridgehead atoms. The van der Waals surface area contributed by atoms with Crippen molar-refractivity contribution in [3.63, 3.8) is 0 Å². The number of esters is 2. The van der Waals surface area contributed by atoms with E-state index in [1.165, 1.54) is 218 Å². The molecule has 0 atom stereocenters. The van der Waals surface area contributed by atoms with E-state index in [0.717, 1.165) is 56.8 Å². The topological polar surface area (TPSA) is 52.6 Å². The Morgan fingerprint density at radius 1 is 0.288 bits per heavy atom. The lowest BCUT2D eigenvalue weighted by molar-refractivity contribution is -0.144. The van der Waals surface area contributed by atoms with Gasteiger partial charge in [0.2, 0.25) is 0 Å². The lowest BCUT2D eigenvalue weighted by atomic mass is 9.90. The first-order valence-electron chi connectivity index (χ1n) is 27.3. The monoisotopic (exact) mass is 833 g/mol. The molecule has 0 aliphatic heterocycles. The van der Waals surface area contributed by atoms with Crippen LogP contribution in [0.4, 0.5) is 0 Å². The molecule has 0 radical (unpaired) electrons. The van der Waals surface area contributed by atoms with Crippen molar-refractivity contribution in [3.8, 4) is 0 Å². The third-order valence-electron chi connectivity index (χ3n) is 13.5. The highest BCUT2D eigenvalue weighted by Crippen LogP contribution is 2.26. The highest BCUT2D eigenvalue weighted by atomic mass is 16.5. The van der Waals surface area contributed by atoms with Crippen LogP contribution in [0.2, 0.25) is 0 Å². The highest BCUT2D eigenvalue weighted by Gasteiger charge is 2.14. The van der Waals surface area contributed by atoms with Crippen LogP contribution in [0.3, 0.4) is 0 Å². The van der Waals surface area contributed by atoms with Crippen molar-refractivity contribution in [2.45, 2.75) is 311 Å². The van der Waals surface area contributed by atoms with E-state index in [2.05, 4.69) is 34.6 Å². The van der Waals surface area contributed by atoms with Crippen LogP contribution in [0.1, 0.15) is 311 Å². The third kappa shape index (κ3) is 43.4. The van der Waals surface area contributed by atoms with Crippen LogP contribution in [0.15, 0.2) is 0 Å². The summed E-state index contributed by atoms with van der Waals surface area (Å²) in [4.78, 5) is 25.2. The van der Waals surface area contributed by atoms with Gasteiger partial charge in [-0.3, -0.25) is 9.59 Å². The van der Waals surface area contributed by atoms with Gasteiger partial charge in [0.1, 0.15) is 0 Å². The predicted octanol–water partition coefficient (Wildman–Crippen LogP) is 18.8. The molecule has 0 N–H and O–H groups in total. The predicted molar refractivity (Wildman–Crippen MR) is 259 cm³/mol. The number of rotatable bonds is 49. The first-order chi connectivity index (χ1) is 29.0. The fourth-order valence-electron chi connectivity index (χ4n) is 9.31. The Hall–Kier alpha value is -1.06. The molecule has 0 saturated heterocycles. The van der Waals surface area contributed by atoms with E-state index in [1.54, 1.807) is 0 Å². The van der Waals surface area contributed by atoms with Gasteiger partial charge in [-0.15, -0.1) is 0 Å². The minimum absolute atomic E-state index is 0.0220. The molecule has 0 aliphatic carbocycles. The summed E-state index contributed by atoms with van der Waals surface area (Å²) in [7, 11) is 0. The maximum atomic E-state index is 12.6. The van der Waals surface area contributed by atoms with Crippen LogP contribution in [0, 0.1) is 17.8 Å². The molecule has 0 amide bonds. The molecule has 0 fully saturated rings. The second-order valence-electron chi connectivity index (χ2n) is 19.2. The molecule has 4 heteroatoms. The molecule has 59 heavy (non-hydrogen) atoms. The van der Waals surface area contributed by atoms with E-state index in [9.17, 15) is 9.59 Å². The number of hydrogen-bond donors (Lipinski definition) is 0. The molecule has 4 nitrogen and oxygen atoms in total. The standard InChI is InChI=1S/C55H108O4/c1-6-11-15-19-23-27-31-39-52(40-32-28-24-20-16-12-7-2)45-37-49-58-54(56)47-35-43-51(10-5)44-36-48-55(57)59-50-38-46-53(41-33-29-25-21-17-13-8-3)42-34-30-26-22-18-14-9-4/h51-53H,6-50H2,1-5H3. The maximum Gasteiger partial charge on any atom is 0.305 e. The van der Waals surface area contributed by atoms with Gasteiger partial charge < -0.3 is 9.47 Å². The summed E-state index contributed by atoms with van der Waals surface area (Å²) in [6.45, 7) is 12.6. The molecule has 0 saturated carbocycles. The molecule has 0 rings (SSSR count). The van der Waals surface area contributed by atoms with Crippen molar-refractivity contribution in [3.05, 3.63) is 0 Å². The van der Waals surface area contributed by atoms with Crippen LogP contribution in [0.5, 0.6) is 0 Å². The van der Waals surface area contributed by atoms with E-state index in [0.29, 0.717) is 32.0 Å². The quantitative estimate of drug-likeness (QED) is 0.0453. The summed E-state index contributed by atoms with van der Waals surface area (Å²) in [6, 6.07) is 0. The van der Waals surface area contributed by atoms with Crippen LogP contribution in [0.25, 0.3) is 0 Å². The van der Waals surface area contributed by atoms with Crippen molar-refractivity contribution in [2.75, 3.05) is 13.2 Å². The van der Waals surface area contributed by atoms with Gasteiger partial charge in [-0.05, 0) is 69.1 Å². The van der Waals surface area contributed by atoms with Crippen molar-refractivity contribution < 1.29 is 19.1 Å². The van der Waals surface area contributed by atoms with Gasteiger partial charge in [0, 0.05) is 12.8 Å². The van der Waals surface area contributed by atoms with Gasteiger partial charge in [0.15, 0.2) is 0 Å². The third-order valence-corrected chi connectivity index (χ3v) is 13.5. The van der Waals surface area contributed by atoms with Gasteiger partial charge in [-0.1, -0.05) is 247 Å². The Morgan fingerprint density at radius 2 is 0.525 bits per heavy atom. The van der Waals surface area contributed by atoms with Gasteiger partial charge in [0.25, 0.3) is 0 Å². The molecule has 0 aromatic rings. The average molecular weight is 833 g/mol. The maximum absolute atomic E-state index is 12.6. The largest absolute Gasteiger partial charge is 0.466 e. The van der Waals surface area contributed by atoms with E-state index in [-0.39, 0.29) is 11.9 Å². The highest BCUT2D eigenvalue weighted by molar-refractivity contribution is 5.69. The normalized spacial score (nSPS) is 11.7. The Balaban J connectivity index is 4.29. The average Bonchev–Trinajstić information content (AvgIpc) is 3.24. The van der Waals surface area contributed by atoms with Gasteiger partial charge in [-0.25, -0.2) is 0 Å². The first-order valence-corrected chi connectivity index (χ1v) is 27.3. The minimum atomic E-state index is -0.0220. The van der Waals surface area contributed by atoms with Crippen molar-refractivity contribution in [1.82, 2.24) is 0 Å². The van der Waals surface area contributed by atoms with Gasteiger partial charge in [0.05, 0.1) is 13.2 Å². The SMILES string of the molecule is CCCCCCCCCC(CCCCCCCCC)CCCOC(=O)CCCC(CC)CCCC(=O)OCCCC(CCCCCCCCC)CCCCCCCCC. The number of carbonyl (C=O) groups is 2. The Labute approximate surface area is 371 Å². The van der Waals surface area contributed by atoms with E-state index < -0.39 is 0 Å². The van der Waals surface area contributed by atoms with Crippen LogP contribution < -0.4 is 0 Å². The second-order valence-corrected chi connectivity index (χ2v) is 19.2. The van der Waals surface area contributed by atoms with Crippen molar-refractivity contribution >= 4 is 11.9 Å². The Bertz CT molecular complexity index is 739. The molecule has 352 valence electrons. The Morgan fingerprint density at radius 3 is 0.797 bits per heavy atom. The number of unbranched alkanes of at least 4 members (excludes halogenated alkanes) is 24. The zero-order chi connectivity index (χ0) is 43.1. The summed E-state index contributed by atoms with van der Waals surface area (Å²) >= 11 is 0.